The molecule has 21 heavy (non-hydrogen) atoms. The standard InChI is InChI=1S/C15H16Br2N2OS/c1-3-13-15(17)14(19(2)18-13)8-11(20)9-21-12-6-4-5-10(16)7-12/h4-7H,3,8-9H2,1-2H3. The quantitative estimate of drug-likeness (QED) is 0.635. The molecular weight excluding hydrogens is 416 g/mol. The van der Waals surface area contributed by atoms with Gasteiger partial charge < -0.3 is 0 Å². The van der Waals surface area contributed by atoms with Crippen LogP contribution in [0.4, 0.5) is 0 Å². The van der Waals surface area contributed by atoms with Gasteiger partial charge in [0.05, 0.1) is 28.0 Å². The number of carbonyl (C=O) groups is 1. The fourth-order valence-corrected chi connectivity index (χ4v) is 4.09. The summed E-state index contributed by atoms with van der Waals surface area (Å²) in [6, 6.07) is 7.98. The number of hydrogen-bond donors (Lipinski definition) is 0. The van der Waals surface area contributed by atoms with Crippen LogP contribution in [0.25, 0.3) is 0 Å². The monoisotopic (exact) mass is 430 g/mol. The van der Waals surface area contributed by atoms with E-state index in [1.807, 2.05) is 31.3 Å². The lowest BCUT2D eigenvalue weighted by Crippen LogP contribution is -2.10. The summed E-state index contributed by atoms with van der Waals surface area (Å²) in [4.78, 5) is 13.3. The van der Waals surface area contributed by atoms with Crippen LogP contribution >= 0.6 is 43.6 Å². The average Bonchev–Trinajstić information content (AvgIpc) is 2.72. The molecule has 0 atom stereocenters. The smallest absolute Gasteiger partial charge is 0.149 e. The van der Waals surface area contributed by atoms with Crippen molar-refractivity contribution in [3.63, 3.8) is 0 Å². The van der Waals surface area contributed by atoms with Crippen LogP contribution in [0.5, 0.6) is 0 Å². The van der Waals surface area contributed by atoms with Gasteiger partial charge in [-0.25, -0.2) is 0 Å². The molecule has 6 heteroatoms. The van der Waals surface area contributed by atoms with Gasteiger partial charge in [-0.3, -0.25) is 9.48 Å². The van der Waals surface area contributed by atoms with E-state index in [9.17, 15) is 4.79 Å². The highest BCUT2D eigenvalue weighted by Crippen LogP contribution is 2.25. The predicted molar refractivity (Wildman–Crippen MR) is 93.9 cm³/mol. The Kier molecular flexibility index (Phi) is 6.08. The van der Waals surface area contributed by atoms with Crippen LogP contribution < -0.4 is 0 Å². The predicted octanol–water partition coefficient (Wildman–Crippen LogP) is 4.41. The van der Waals surface area contributed by atoms with Crippen molar-refractivity contribution < 1.29 is 4.79 Å². The molecule has 3 nitrogen and oxygen atoms in total. The summed E-state index contributed by atoms with van der Waals surface area (Å²) in [5, 5.41) is 4.42. The van der Waals surface area contributed by atoms with Crippen LogP contribution in [0.1, 0.15) is 18.3 Å². The van der Waals surface area contributed by atoms with Crippen molar-refractivity contribution in [1.82, 2.24) is 9.78 Å². The lowest BCUT2D eigenvalue weighted by Gasteiger charge is -2.04. The average molecular weight is 432 g/mol. The van der Waals surface area contributed by atoms with Crippen molar-refractivity contribution in [2.75, 3.05) is 5.75 Å². The number of thioether (sulfide) groups is 1. The van der Waals surface area contributed by atoms with Gasteiger partial charge in [0.1, 0.15) is 5.78 Å². The highest BCUT2D eigenvalue weighted by Gasteiger charge is 2.15. The Balaban J connectivity index is 1.98. The summed E-state index contributed by atoms with van der Waals surface area (Å²) in [5.41, 5.74) is 1.95. The van der Waals surface area contributed by atoms with Gasteiger partial charge in [-0.1, -0.05) is 28.9 Å². The molecule has 0 fully saturated rings. The minimum atomic E-state index is 0.200. The minimum absolute atomic E-state index is 0.200. The van der Waals surface area contributed by atoms with Crippen LogP contribution in [0.3, 0.4) is 0 Å². The number of nitrogens with zero attached hydrogens (tertiary/aromatic N) is 2. The normalized spacial score (nSPS) is 10.9. The Labute approximate surface area is 145 Å². The fraction of sp³-hybridized carbons (Fsp3) is 0.333. The van der Waals surface area contributed by atoms with Gasteiger partial charge in [-0.05, 0) is 40.5 Å². The summed E-state index contributed by atoms with van der Waals surface area (Å²) >= 11 is 8.55. The van der Waals surface area contributed by atoms with Gasteiger partial charge in [-0.2, -0.15) is 5.10 Å². The third kappa shape index (κ3) is 4.44. The molecule has 0 bridgehead atoms. The lowest BCUT2D eigenvalue weighted by molar-refractivity contribution is -0.116. The second-order valence-electron chi connectivity index (χ2n) is 4.65. The second kappa shape index (κ2) is 7.61. The highest BCUT2D eigenvalue weighted by atomic mass is 79.9. The Hall–Kier alpha value is -0.590. The number of aryl methyl sites for hydroxylation is 2. The molecule has 1 aromatic carbocycles. The number of halogens is 2. The maximum absolute atomic E-state index is 12.2. The van der Waals surface area contributed by atoms with Gasteiger partial charge in [-0.15, -0.1) is 11.8 Å². The first-order valence-corrected chi connectivity index (χ1v) is 9.18. The summed E-state index contributed by atoms with van der Waals surface area (Å²) < 4.78 is 3.79. The summed E-state index contributed by atoms with van der Waals surface area (Å²) in [7, 11) is 1.88. The molecule has 0 aliphatic rings. The van der Waals surface area contributed by atoms with E-state index in [1.54, 1.807) is 16.4 Å². The first-order valence-electron chi connectivity index (χ1n) is 6.61. The molecule has 1 heterocycles. The summed E-state index contributed by atoms with van der Waals surface area (Å²) in [6.45, 7) is 2.06. The molecule has 0 N–H and O–H groups in total. The van der Waals surface area contributed by atoms with E-state index in [1.165, 1.54) is 0 Å². The van der Waals surface area contributed by atoms with Gasteiger partial charge in [0, 0.05) is 16.4 Å². The summed E-state index contributed by atoms with van der Waals surface area (Å²) in [6.07, 6.45) is 1.26. The van der Waals surface area contributed by atoms with E-state index in [0.717, 1.165) is 31.6 Å². The van der Waals surface area contributed by atoms with Crippen LogP contribution in [0.2, 0.25) is 0 Å². The first-order chi connectivity index (χ1) is 10.0. The second-order valence-corrected chi connectivity index (χ2v) is 7.40. The Morgan fingerprint density at radius 2 is 2.14 bits per heavy atom. The molecule has 0 unspecified atom stereocenters. The van der Waals surface area contributed by atoms with E-state index in [-0.39, 0.29) is 5.78 Å². The summed E-state index contributed by atoms with van der Waals surface area (Å²) in [5.74, 6) is 0.668. The topological polar surface area (TPSA) is 34.9 Å². The molecule has 0 amide bonds. The Bertz CT molecular complexity index is 655. The van der Waals surface area contributed by atoms with Crippen molar-refractivity contribution in [3.05, 3.63) is 44.6 Å². The van der Waals surface area contributed by atoms with Crippen LogP contribution in [-0.2, 0) is 24.7 Å². The number of ketones is 1. The maximum Gasteiger partial charge on any atom is 0.149 e. The van der Waals surface area contributed by atoms with Crippen molar-refractivity contribution in [2.45, 2.75) is 24.7 Å². The maximum atomic E-state index is 12.2. The van der Waals surface area contributed by atoms with Crippen molar-refractivity contribution in [3.8, 4) is 0 Å². The zero-order valence-electron chi connectivity index (χ0n) is 11.9. The van der Waals surface area contributed by atoms with E-state index in [2.05, 4.69) is 43.9 Å². The molecule has 2 rings (SSSR count). The molecule has 1 aromatic heterocycles. The van der Waals surface area contributed by atoms with E-state index < -0.39 is 0 Å². The third-order valence-electron chi connectivity index (χ3n) is 3.06. The lowest BCUT2D eigenvalue weighted by atomic mass is 10.2. The highest BCUT2D eigenvalue weighted by molar-refractivity contribution is 9.10. The molecular formula is C15H16Br2N2OS. The van der Waals surface area contributed by atoms with Crippen LogP contribution in [-0.4, -0.2) is 21.3 Å². The van der Waals surface area contributed by atoms with E-state index >= 15 is 0 Å². The number of aromatic nitrogens is 2. The van der Waals surface area contributed by atoms with Gasteiger partial charge >= 0.3 is 0 Å². The first kappa shape index (κ1) is 16.8. The molecule has 0 radical (unpaired) electrons. The zero-order chi connectivity index (χ0) is 15.4. The fourth-order valence-electron chi connectivity index (χ4n) is 1.97. The zero-order valence-corrected chi connectivity index (χ0v) is 15.9. The number of benzene rings is 1. The molecule has 0 aliphatic carbocycles. The van der Waals surface area contributed by atoms with Crippen molar-refractivity contribution >= 4 is 49.4 Å². The largest absolute Gasteiger partial charge is 0.298 e. The Morgan fingerprint density at radius 3 is 2.76 bits per heavy atom. The van der Waals surface area contributed by atoms with Gasteiger partial charge in [0.25, 0.3) is 0 Å². The molecule has 112 valence electrons. The number of carbonyl (C=O) groups excluding carboxylic acids is 1. The number of hydrogen-bond acceptors (Lipinski definition) is 3. The molecule has 0 saturated carbocycles. The van der Waals surface area contributed by atoms with E-state index in [4.69, 9.17) is 0 Å². The third-order valence-corrected chi connectivity index (χ3v) is 5.53. The van der Waals surface area contributed by atoms with Crippen LogP contribution in [0, 0.1) is 0 Å². The number of rotatable bonds is 6. The molecule has 0 aliphatic heterocycles. The minimum Gasteiger partial charge on any atom is -0.298 e. The van der Waals surface area contributed by atoms with Gasteiger partial charge in [0.15, 0.2) is 0 Å². The SMILES string of the molecule is CCc1nn(C)c(CC(=O)CSc2cccc(Br)c2)c1Br. The van der Waals surface area contributed by atoms with Crippen molar-refractivity contribution in [2.24, 2.45) is 7.05 Å². The van der Waals surface area contributed by atoms with E-state index in [0.29, 0.717) is 12.2 Å². The molecule has 0 spiro atoms. The molecule has 0 saturated heterocycles. The van der Waals surface area contributed by atoms with Gasteiger partial charge in [0.2, 0.25) is 0 Å². The van der Waals surface area contributed by atoms with Crippen LogP contribution in [0.15, 0.2) is 38.1 Å². The number of Topliss-reactive ketones (excluding diaryl/α,β-unsaturated/α-hetero) is 1. The Morgan fingerprint density at radius 1 is 1.38 bits per heavy atom. The molecule has 2 aromatic rings. The van der Waals surface area contributed by atoms with Crippen molar-refractivity contribution in [1.29, 1.82) is 0 Å².